The van der Waals surface area contributed by atoms with Gasteiger partial charge in [0, 0.05) is 13.7 Å². The summed E-state index contributed by atoms with van der Waals surface area (Å²) >= 11 is 0. The molecule has 0 saturated carbocycles. The van der Waals surface area contributed by atoms with E-state index in [1.807, 2.05) is 13.8 Å². The SMILES string of the molecule is COCCN1CC(=O)NC(CC(C)C)C1=O. The van der Waals surface area contributed by atoms with E-state index in [2.05, 4.69) is 5.32 Å². The molecular weight excluding hydrogens is 208 g/mol. The fourth-order valence-corrected chi connectivity index (χ4v) is 1.80. The molecule has 1 saturated heterocycles. The van der Waals surface area contributed by atoms with E-state index in [0.29, 0.717) is 25.5 Å². The summed E-state index contributed by atoms with van der Waals surface area (Å²) in [6, 6.07) is -0.363. The molecule has 0 aromatic carbocycles. The average molecular weight is 228 g/mol. The molecule has 16 heavy (non-hydrogen) atoms. The van der Waals surface area contributed by atoms with Crippen LogP contribution in [-0.4, -0.2) is 49.6 Å². The van der Waals surface area contributed by atoms with E-state index in [-0.39, 0.29) is 24.4 Å². The Balaban J connectivity index is 2.58. The molecule has 1 unspecified atom stereocenters. The minimum atomic E-state index is -0.363. The number of carbonyl (C=O) groups is 2. The van der Waals surface area contributed by atoms with E-state index in [1.165, 1.54) is 0 Å². The molecule has 1 N–H and O–H groups in total. The van der Waals surface area contributed by atoms with E-state index in [9.17, 15) is 9.59 Å². The second-order valence-electron chi connectivity index (χ2n) is 4.50. The molecule has 0 spiro atoms. The van der Waals surface area contributed by atoms with Gasteiger partial charge in [0.2, 0.25) is 11.8 Å². The molecule has 1 atom stereocenters. The van der Waals surface area contributed by atoms with Crippen molar-refractivity contribution in [1.29, 1.82) is 0 Å². The Morgan fingerprint density at radius 2 is 2.19 bits per heavy atom. The number of hydrogen-bond acceptors (Lipinski definition) is 3. The second kappa shape index (κ2) is 5.84. The van der Waals surface area contributed by atoms with Gasteiger partial charge in [0.25, 0.3) is 0 Å². The second-order valence-corrected chi connectivity index (χ2v) is 4.50. The van der Waals surface area contributed by atoms with Gasteiger partial charge >= 0.3 is 0 Å². The normalized spacial score (nSPS) is 21.5. The van der Waals surface area contributed by atoms with Crippen LogP contribution in [0, 0.1) is 5.92 Å². The maximum atomic E-state index is 12.0. The number of nitrogens with one attached hydrogen (secondary N) is 1. The molecule has 0 aliphatic carbocycles. The van der Waals surface area contributed by atoms with Crippen molar-refractivity contribution < 1.29 is 14.3 Å². The summed E-state index contributed by atoms with van der Waals surface area (Å²) in [5.41, 5.74) is 0. The lowest BCUT2D eigenvalue weighted by molar-refractivity contribution is -0.145. The molecule has 0 aromatic rings. The van der Waals surface area contributed by atoms with Gasteiger partial charge in [-0.3, -0.25) is 9.59 Å². The Morgan fingerprint density at radius 1 is 1.50 bits per heavy atom. The number of methoxy groups -OCH3 is 1. The lowest BCUT2D eigenvalue weighted by atomic mass is 10.0. The zero-order valence-electron chi connectivity index (χ0n) is 10.2. The summed E-state index contributed by atoms with van der Waals surface area (Å²) in [7, 11) is 1.58. The maximum absolute atomic E-state index is 12.0. The van der Waals surface area contributed by atoms with Crippen LogP contribution in [0.2, 0.25) is 0 Å². The Labute approximate surface area is 96.1 Å². The Morgan fingerprint density at radius 3 is 2.75 bits per heavy atom. The van der Waals surface area contributed by atoms with Crippen LogP contribution in [0.3, 0.4) is 0 Å². The number of amides is 2. The molecule has 0 radical (unpaired) electrons. The molecule has 5 nitrogen and oxygen atoms in total. The van der Waals surface area contributed by atoms with Crippen LogP contribution >= 0.6 is 0 Å². The van der Waals surface area contributed by atoms with Crippen molar-refractivity contribution in [2.24, 2.45) is 5.92 Å². The van der Waals surface area contributed by atoms with Crippen LogP contribution in [0.15, 0.2) is 0 Å². The lowest BCUT2D eigenvalue weighted by Crippen LogP contribution is -2.58. The van der Waals surface area contributed by atoms with E-state index in [1.54, 1.807) is 12.0 Å². The minimum Gasteiger partial charge on any atom is -0.383 e. The van der Waals surface area contributed by atoms with E-state index in [0.717, 1.165) is 0 Å². The molecule has 5 heteroatoms. The lowest BCUT2D eigenvalue weighted by Gasteiger charge is -2.33. The van der Waals surface area contributed by atoms with Crippen LogP contribution in [0.4, 0.5) is 0 Å². The quantitative estimate of drug-likeness (QED) is 0.721. The van der Waals surface area contributed by atoms with E-state index >= 15 is 0 Å². The van der Waals surface area contributed by atoms with Crippen molar-refractivity contribution in [2.75, 3.05) is 26.8 Å². The van der Waals surface area contributed by atoms with E-state index in [4.69, 9.17) is 4.74 Å². The number of hydrogen-bond donors (Lipinski definition) is 1. The molecule has 2 amide bonds. The summed E-state index contributed by atoms with van der Waals surface area (Å²) in [6.07, 6.45) is 0.689. The predicted octanol–water partition coefficient (Wildman–Crippen LogP) is 0.00590. The number of rotatable bonds is 5. The average Bonchev–Trinajstić information content (AvgIpc) is 2.20. The monoisotopic (exact) mass is 228 g/mol. The molecule has 1 heterocycles. The highest BCUT2D eigenvalue weighted by Crippen LogP contribution is 2.11. The summed E-state index contributed by atoms with van der Waals surface area (Å²) in [6.45, 7) is 5.17. The van der Waals surface area contributed by atoms with Gasteiger partial charge in [-0.25, -0.2) is 0 Å². The first-order chi connectivity index (χ1) is 7.54. The molecule has 1 fully saturated rings. The van der Waals surface area contributed by atoms with Crippen LogP contribution in [0.5, 0.6) is 0 Å². The van der Waals surface area contributed by atoms with Crippen molar-refractivity contribution in [2.45, 2.75) is 26.3 Å². The number of carbonyl (C=O) groups excluding carboxylic acids is 2. The molecular formula is C11H20N2O3. The Bertz CT molecular complexity index is 266. The van der Waals surface area contributed by atoms with Gasteiger partial charge in [-0.15, -0.1) is 0 Å². The van der Waals surface area contributed by atoms with Crippen molar-refractivity contribution in [3.8, 4) is 0 Å². The zero-order chi connectivity index (χ0) is 12.1. The van der Waals surface area contributed by atoms with Crippen LogP contribution in [0.1, 0.15) is 20.3 Å². The van der Waals surface area contributed by atoms with Crippen molar-refractivity contribution in [3.05, 3.63) is 0 Å². The first-order valence-corrected chi connectivity index (χ1v) is 5.61. The van der Waals surface area contributed by atoms with Gasteiger partial charge in [-0.1, -0.05) is 13.8 Å². The third kappa shape index (κ3) is 3.48. The third-order valence-electron chi connectivity index (χ3n) is 2.55. The maximum Gasteiger partial charge on any atom is 0.245 e. The number of ether oxygens (including phenoxy) is 1. The Hall–Kier alpha value is -1.10. The van der Waals surface area contributed by atoms with E-state index < -0.39 is 0 Å². The highest BCUT2D eigenvalue weighted by molar-refractivity contribution is 5.94. The molecule has 0 bridgehead atoms. The van der Waals surface area contributed by atoms with Gasteiger partial charge in [-0.05, 0) is 12.3 Å². The van der Waals surface area contributed by atoms with Crippen molar-refractivity contribution >= 4 is 11.8 Å². The standard InChI is InChI=1S/C11H20N2O3/c1-8(2)6-9-11(15)13(4-5-16-3)7-10(14)12-9/h8-9H,4-7H2,1-3H3,(H,12,14). The summed E-state index contributed by atoms with van der Waals surface area (Å²) in [5.74, 6) is 0.309. The van der Waals surface area contributed by atoms with Gasteiger partial charge in [-0.2, -0.15) is 0 Å². The number of piperazine rings is 1. The third-order valence-corrected chi connectivity index (χ3v) is 2.55. The minimum absolute atomic E-state index is 0.00495. The van der Waals surface area contributed by atoms with Gasteiger partial charge in [0.05, 0.1) is 13.2 Å². The van der Waals surface area contributed by atoms with Gasteiger partial charge in [0.1, 0.15) is 6.04 Å². The molecule has 1 aliphatic heterocycles. The van der Waals surface area contributed by atoms with Crippen molar-refractivity contribution in [1.82, 2.24) is 10.2 Å². The highest BCUT2D eigenvalue weighted by Gasteiger charge is 2.32. The molecule has 1 rings (SSSR count). The Kier molecular flexibility index (Phi) is 4.73. The largest absolute Gasteiger partial charge is 0.383 e. The van der Waals surface area contributed by atoms with Crippen LogP contribution < -0.4 is 5.32 Å². The first kappa shape index (κ1) is 13.0. The zero-order valence-corrected chi connectivity index (χ0v) is 10.2. The summed E-state index contributed by atoms with van der Waals surface area (Å²) in [5, 5.41) is 2.73. The summed E-state index contributed by atoms with van der Waals surface area (Å²) in [4.78, 5) is 25.0. The van der Waals surface area contributed by atoms with Crippen LogP contribution in [0.25, 0.3) is 0 Å². The van der Waals surface area contributed by atoms with Gasteiger partial charge in [0.15, 0.2) is 0 Å². The predicted molar refractivity (Wildman–Crippen MR) is 59.8 cm³/mol. The molecule has 1 aliphatic rings. The smallest absolute Gasteiger partial charge is 0.245 e. The molecule has 0 aromatic heterocycles. The number of nitrogens with zero attached hydrogens (tertiary/aromatic N) is 1. The fourth-order valence-electron chi connectivity index (χ4n) is 1.80. The van der Waals surface area contributed by atoms with Gasteiger partial charge < -0.3 is 15.0 Å². The highest BCUT2D eigenvalue weighted by atomic mass is 16.5. The topological polar surface area (TPSA) is 58.6 Å². The van der Waals surface area contributed by atoms with Crippen LogP contribution in [-0.2, 0) is 14.3 Å². The van der Waals surface area contributed by atoms with Crippen molar-refractivity contribution in [3.63, 3.8) is 0 Å². The summed E-state index contributed by atoms with van der Waals surface area (Å²) < 4.78 is 4.92. The fraction of sp³-hybridized carbons (Fsp3) is 0.818. The first-order valence-electron chi connectivity index (χ1n) is 5.61. The molecule has 92 valence electrons.